The lowest BCUT2D eigenvalue weighted by Crippen LogP contribution is -1.86. The van der Waals surface area contributed by atoms with Crippen LogP contribution >= 0.6 is 0 Å². The Kier molecular flexibility index (Phi) is 1.93. The Balaban J connectivity index is 2.58. The van der Waals surface area contributed by atoms with E-state index >= 15 is 0 Å². The van der Waals surface area contributed by atoms with Gasteiger partial charge in [0.2, 0.25) is 0 Å². The summed E-state index contributed by atoms with van der Waals surface area (Å²) in [6, 6.07) is 12.8. The zero-order valence-electron chi connectivity index (χ0n) is 9.49. The van der Waals surface area contributed by atoms with E-state index in [2.05, 4.69) is 49.2 Å². The van der Waals surface area contributed by atoms with Gasteiger partial charge in [-0.1, -0.05) is 30.3 Å². The van der Waals surface area contributed by atoms with E-state index in [0.29, 0.717) is 0 Å². The summed E-state index contributed by atoms with van der Waals surface area (Å²) in [6.07, 6.45) is 1.86. The minimum Gasteiger partial charge on any atom is -0.256 e. The fraction of sp³-hybridized carbons (Fsp3) is 0.133. The van der Waals surface area contributed by atoms with Crippen molar-refractivity contribution in [2.45, 2.75) is 13.8 Å². The predicted molar refractivity (Wildman–Crippen MR) is 68.7 cm³/mol. The highest BCUT2D eigenvalue weighted by atomic mass is 14.6. The van der Waals surface area contributed by atoms with Crippen molar-refractivity contribution in [1.29, 1.82) is 0 Å². The standard InChI is InChI=1S/C15H13N/c1-10-5-7-14-13(11(10)2)8-6-12-4-3-9-16-15(12)14/h3-9H,1-2H3. The summed E-state index contributed by atoms with van der Waals surface area (Å²) in [6.45, 7) is 4.32. The van der Waals surface area contributed by atoms with Crippen LogP contribution < -0.4 is 0 Å². The molecule has 0 spiro atoms. The van der Waals surface area contributed by atoms with E-state index in [0.717, 1.165) is 5.52 Å². The van der Waals surface area contributed by atoms with Crippen LogP contribution in [0.4, 0.5) is 0 Å². The van der Waals surface area contributed by atoms with Gasteiger partial charge >= 0.3 is 0 Å². The maximum absolute atomic E-state index is 4.48. The monoisotopic (exact) mass is 207 g/mol. The highest BCUT2D eigenvalue weighted by molar-refractivity contribution is 6.06. The molecule has 1 heteroatoms. The first-order chi connectivity index (χ1) is 7.77. The number of hydrogen-bond acceptors (Lipinski definition) is 1. The molecule has 2 aromatic carbocycles. The summed E-state index contributed by atoms with van der Waals surface area (Å²) in [5, 5.41) is 3.77. The van der Waals surface area contributed by atoms with E-state index < -0.39 is 0 Å². The van der Waals surface area contributed by atoms with Crippen molar-refractivity contribution >= 4 is 21.7 Å². The van der Waals surface area contributed by atoms with Crippen molar-refractivity contribution in [3.8, 4) is 0 Å². The van der Waals surface area contributed by atoms with Crippen LogP contribution in [0.3, 0.4) is 0 Å². The van der Waals surface area contributed by atoms with Crippen LogP contribution in [0.2, 0.25) is 0 Å². The zero-order valence-corrected chi connectivity index (χ0v) is 9.49. The highest BCUT2D eigenvalue weighted by Gasteiger charge is 2.04. The molecule has 0 radical (unpaired) electrons. The van der Waals surface area contributed by atoms with Crippen LogP contribution in [0, 0.1) is 13.8 Å². The van der Waals surface area contributed by atoms with Gasteiger partial charge in [-0.3, -0.25) is 4.98 Å². The fourth-order valence-corrected chi connectivity index (χ4v) is 2.21. The third-order valence-electron chi connectivity index (χ3n) is 3.31. The Morgan fingerprint density at radius 1 is 0.875 bits per heavy atom. The molecular weight excluding hydrogens is 194 g/mol. The van der Waals surface area contributed by atoms with Crippen molar-refractivity contribution in [3.63, 3.8) is 0 Å². The zero-order chi connectivity index (χ0) is 11.1. The van der Waals surface area contributed by atoms with Gasteiger partial charge in [-0.25, -0.2) is 0 Å². The molecule has 0 saturated carbocycles. The molecule has 0 aliphatic heterocycles. The second-order valence-electron chi connectivity index (χ2n) is 4.24. The van der Waals surface area contributed by atoms with Crippen LogP contribution in [0.15, 0.2) is 42.6 Å². The van der Waals surface area contributed by atoms with Gasteiger partial charge in [-0.2, -0.15) is 0 Å². The molecule has 3 rings (SSSR count). The molecular formula is C15H13N. The van der Waals surface area contributed by atoms with Crippen molar-refractivity contribution < 1.29 is 0 Å². The van der Waals surface area contributed by atoms with Crippen LogP contribution in [0.1, 0.15) is 11.1 Å². The van der Waals surface area contributed by atoms with E-state index in [1.165, 1.54) is 27.3 Å². The summed E-state index contributed by atoms with van der Waals surface area (Å²) in [5.74, 6) is 0. The average molecular weight is 207 g/mol. The Morgan fingerprint density at radius 3 is 2.56 bits per heavy atom. The van der Waals surface area contributed by atoms with E-state index in [9.17, 15) is 0 Å². The van der Waals surface area contributed by atoms with Gasteiger partial charge in [0, 0.05) is 17.0 Å². The van der Waals surface area contributed by atoms with Gasteiger partial charge in [-0.15, -0.1) is 0 Å². The Hall–Kier alpha value is -1.89. The molecule has 16 heavy (non-hydrogen) atoms. The normalized spacial score (nSPS) is 11.1. The molecule has 1 heterocycles. The van der Waals surface area contributed by atoms with Gasteiger partial charge in [0.1, 0.15) is 0 Å². The maximum Gasteiger partial charge on any atom is 0.0780 e. The molecule has 1 nitrogen and oxygen atoms in total. The minimum atomic E-state index is 1.10. The molecule has 0 N–H and O–H groups in total. The van der Waals surface area contributed by atoms with Gasteiger partial charge in [0.25, 0.3) is 0 Å². The van der Waals surface area contributed by atoms with Crippen molar-refractivity contribution in [2.75, 3.05) is 0 Å². The van der Waals surface area contributed by atoms with Gasteiger partial charge in [0.15, 0.2) is 0 Å². The molecule has 3 aromatic rings. The third-order valence-corrected chi connectivity index (χ3v) is 3.31. The Labute approximate surface area is 94.7 Å². The SMILES string of the molecule is Cc1ccc2c(ccc3cccnc32)c1C. The molecule has 0 saturated heterocycles. The largest absolute Gasteiger partial charge is 0.256 e. The lowest BCUT2D eigenvalue weighted by Gasteiger charge is -2.07. The number of fused-ring (bicyclic) bond motifs is 3. The predicted octanol–water partition coefficient (Wildman–Crippen LogP) is 4.00. The molecule has 78 valence electrons. The fourth-order valence-electron chi connectivity index (χ4n) is 2.21. The number of benzene rings is 2. The topological polar surface area (TPSA) is 12.9 Å². The van der Waals surface area contributed by atoms with Crippen LogP contribution in [-0.4, -0.2) is 4.98 Å². The van der Waals surface area contributed by atoms with Gasteiger partial charge < -0.3 is 0 Å². The number of aryl methyl sites for hydroxylation is 2. The van der Waals surface area contributed by atoms with Crippen molar-refractivity contribution in [2.24, 2.45) is 0 Å². The van der Waals surface area contributed by atoms with Crippen LogP contribution in [0.25, 0.3) is 21.7 Å². The Bertz CT molecular complexity index is 683. The molecule has 0 atom stereocenters. The smallest absolute Gasteiger partial charge is 0.0780 e. The lowest BCUT2D eigenvalue weighted by atomic mass is 9.99. The third kappa shape index (κ3) is 1.21. The first-order valence-corrected chi connectivity index (χ1v) is 5.51. The summed E-state index contributed by atoms with van der Waals surface area (Å²) in [5.41, 5.74) is 3.79. The molecule has 0 unspecified atom stereocenters. The first kappa shape index (κ1) is 9.34. The molecule has 0 amide bonds. The number of pyridine rings is 1. The maximum atomic E-state index is 4.48. The number of nitrogens with zero attached hydrogens (tertiary/aromatic N) is 1. The van der Waals surface area contributed by atoms with E-state index in [1.807, 2.05) is 12.3 Å². The van der Waals surface area contributed by atoms with E-state index in [1.54, 1.807) is 0 Å². The van der Waals surface area contributed by atoms with E-state index in [4.69, 9.17) is 0 Å². The summed E-state index contributed by atoms with van der Waals surface area (Å²) in [7, 11) is 0. The number of rotatable bonds is 0. The van der Waals surface area contributed by atoms with Crippen LogP contribution in [-0.2, 0) is 0 Å². The number of aromatic nitrogens is 1. The highest BCUT2D eigenvalue weighted by Crippen LogP contribution is 2.27. The second-order valence-corrected chi connectivity index (χ2v) is 4.24. The molecule has 0 aliphatic rings. The Morgan fingerprint density at radius 2 is 1.69 bits per heavy atom. The summed E-state index contributed by atoms with van der Waals surface area (Å²) >= 11 is 0. The minimum absolute atomic E-state index is 1.10. The average Bonchev–Trinajstić information content (AvgIpc) is 2.33. The quantitative estimate of drug-likeness (QED) is 0.508. The second kappa shape index (κ2) is 3.31. The van der Waals surface area contributed by atoms with Crippen molar-refractivity contribution in [3.05, 3.63) is 53.7 Å². The number of hydrogen-bond donors (Lipinski definition) is 0. The molecule has 0 bridgehead atoms. The van der Waals surface area contributed by atoms with E-state index in [-0.39, 0.29) is 0 Å². The summed E-state index contributed by atoms with van der Waals surface area (Å²) < 4.78 is 0. The lowest BCUT2D eigenvalue weighted by molar-refractivity contribution is 1.37. The summed E-state index contributed by atoms with van der Waals surface area (Å²) in [4.78, 5) is 4.48. The molecule has 0 fully saturated rings. The van der Waals surface area contributed by atoms with Crippen molar-refractivity contribution in [1.82, 2.24) is 4.98 Å². The first-order valence-electron chi connectivity index (χ1n) is 5.51. The molecule has 0 aliphatic carbocycles. The van der Waals surface area contributed by atoms with Crippen LogP contribution in [0.5, 0.6) is 0 Å². The molecule has 1 aromatic heterocycles. The van der Waals surface area contributed by atoms with Gasteiger partial charge in [0.05, 0.1) is 5.52 Å². The van der Waals surface area contributed by atoms with Gasteiger partial charge in [-0.05, 0) is 36.4 Å².